The van der Waals surface area contributed by atoms with E-state index in [0.29, 0.717) is 19.8 Å². The maximum Gasteiger partial charge on any atom is 0.329 e. The van der Waals surface area contributed by atoms with Crippen LogP contribution in [0.2, 0.25) is 0 Å². The molecular formula is C9H13N3O2. The summed E-state index contributed by atoms with van der Waals surface area (Å²) in [4.78, 5) is 17.5. The third-order valence-electron chi connectivity index (χ3n) is 2.34. The van der Waals surface area contributed by atoms with Crippen molar-refractivity contribution >= 4 is 6.03 Å². The molecule has 1 aromatic rings. The van der Waals surface area contributed by atoms with Crippen LogP contribution in [0.25, 0.3) is 0 Å². The summed E-state index contributed by atoms with van der Waals surface area (Å²) >= 11 is 0. The third-order valence-corrected chi connectivity index (χ3v) is 2.34. The molecule has 0 spiro atoms. The molecule has 1 aliphatic rings. The minimum atomic E-state index is -0.0294. The first kappa shape index (κ1) is 9.21. The Kier molecular flexibility index (Phi) is 2.49. The average molecular weight is 195 g/mol. The van der Waals surface area contributed by atoms with Crippen molar-refractivity contribution in [2.45, 2.75) is 13.0 Å². The second-order valence-corrected chi connectivity index (χ2v) is 3.37. The van der Waals surface area contributed by atoms with Crippen LogP contribution in [0, 0.1) is 0 Å². The number of carbonyl (C=O) groups is 1. The maximum absolute atomic E-state index is 11.9. The second-order valence-electron chi connectivity index (χ2n) is 3.37. The van der Waals surface area contributed by atoms with Crippen LogP contribution in [0.1, 0.15) is 6.92 Å². The summed E-state index contributed by atoms with van der Waals surface area (Å²) in [5, 5.41) is 0. The number of hydrogen-bond donors (Lipinski definition) is 0. The number of hydrogen-bond acceptors (Lipinski definition) is 3. The van der Waals surface area contributed by atoms with Crippen molar-refractivity contribution in [3.63, 3.8) is 0 Å². The Morgan fingerprint density at radius 3 is 3.14 bits per heavy atom. The second kappa shape index (κ2) is 3.79. The molecule has 0 aromatic carbocycles. The molecule has 1 amide bonds. The lowest BCUT2D eigenvalue weighted by atomic mass is 10.3. The van der Waals surface area contributed by atoms with E-state index in [9.17, 15) is 4.79 Å². The van der Waals surface area contributed by atoms with Crippen LogP contribution in [-0.2, 0) is 4.74 Å². The van der Waals surface area contributed by atoms with Crippen LogP contribution >= 0.6 is 0 Å². The number of carbonyl (C=O) groups excluding carboxylic acids is 1. The van der Waals surface area contributed by atoms with Gasteiger partial charge in [-0.25, -0.2) is 9.78 Å². The quantitative estimate of drug-likeness (QED) is 0.608. The van der Waals surface area contributed by atoms with Crippen LogP contribution in [0.3, 0.4) is 0 Å². The van der Waals surface area contributed by atoms with Crippen LogP contribution in [0.5, 0.6) is 0 Å². The monoisotopic (exact) mass is 195 g/mol. The molecule has 0 radical (unpaired) electrons. The fraction of sp³-hybridized carbons (Fsp3) is 0.556. The fourth-order valence-electron chi connectivity index (χ4n) is 1.53. The van der Waals surface area contributed by atoms with E-state index >= 15 is 0 Å². The molecule has 1 atom stereocenters. The van der Waals surface area contributed by atoms with E-state index in [2.05, 4.69) is 4.98 Å². The summed E-state index contributed by atoms with van der Waals surface area (Å²) in [5.41, 5.74) is 0. The molecular weight excluding hydrogens is 182 g/mol. The SMILES string of the molecule is CC1COCCN1C(=O)n1ccnc1. The number of ether oxygens (including phenoxy) is 1. The highest BCUT2D eigenvalue weighted by molar-refractivity contribution is 5.77. The predicted octanol–water partition coefficient (Wildman–Crippen LogP) is 0.572. The Bertz CT molecular complexity index is 310. The summed E-state index contributed by atoms with van der Waals surface area (Å²) in [6.45, 7) is 3.86. The van der Waals surface area contributed by atoms with Gasteiger partial charge in [0.25, 0.3) is 0 Å². The van der Waals surface area contributed by atoms with Crippen molar-refractivity contribution in [3.05, 3.63) is 18.7 Å². The van der Waals surface area contributed by atoms with E-state index in [-0.39, 0.29) is 12.1 Å². The van der Waals surface area contributed by atoms with Gasteiger partial charge in [0.2, 0.25) is 0 Å². The molecule has 1 saturated heterocycles. The smallest absolute Gasteiger partial charge is 0.329 e. The van der Waals surface area contributed by atoms with Gasteiger partial charge in [-0.1, -0.05) is 0 Å². The summed E-state index contributed by atoms with van der Waals surface area (Å²) in [5.74, 6) is 0. The van der Waals surface area contributed by atoms with E-state index in [0.717, 1.165) is 0 Å². The van der Waals surface area contributed by atoms with Gasteiger partial charge in [-0.05, 0) is 6.92 Å². The highest BCUT2D eigenvalue weighted by Crippen LogP contribution is 2.08. The van der Waals surface area contributed by atoms with E-state index in [1.807, 2.05) is 6.92 Å². The van der Waals surface area contributed by atoms with Crippen LogP contribution in [0.15, 0.2) is 18.7 Å². The van der Waals surface area contributed by atoms with E-state index in [4.69, 9.17) is 4.74 Å². The van der Waals surface area contributed by atoms with Gasteiger partial charge >= 0.3 is 6.03 Å². The molecule has 2 rings (SSSR count). The Morgan fingerprint density at radius 1 is 1.64 bits per heavy atom. The summed E-state index contributed by atoms with van der Waals surface area (Å²) in [6, 6.07) is 0.108. The zero-order valence-electron chi connectivity index (χ0n) is 8.09. The van der Waals surface area contributed by atoms with Gasteiger partial charge in [-0.15, -0.1) is 0 Å². The van der Waals surface area contributed by atoms with Crippen LogP contribution < -0.4 is 0 Å². The molecule has 2 heterocycles. The highest BCUT2D eigenvalue weighted by Gasteiger charge is 2.24. The first-order valence-corrected chi connectivity index (χ1v) is 4.65. The molecule has 0 saturated carbocycles. The van der Waals surface area contributed by atoms with Crippen molar-refractivity contribution in [1.82, 2.24) is 14.5 Å². The molecule has 76 valence electrons. The van der Waals surface area contributed by atoms with Crippen molar-refractivity contribution in [2.75, 3.05) is 19.8 Å². The molecule has 0 bridgehead atoms. The third kappa shape index (κ3) is 1.63. The number of imidazole rings is 1. The summed E-state index contributed by atoms with van der Waals surface area (Å²) in [6.07, 6.45) is 4.78. The number of morpholine rings is 1. The van der Waals surface area contributed by atoms with Gasteiger partial charge < -0.3 is 9.64 Å². The molecule has 0 N–H and O–H groups in total. The minimum Gasteiger partial charge on any atom is -0.377 e. The van der Waals surface area contributed by atoms with E-state index < -0.39 is 0 Å². The lowest BCUT2D eigenvalue weighted by Gasteiger charge is -2.32. The van der Waals surface area contributed by atoms with E-state index in [1.54, 1.807) is 17.3 Å². The average Bonchev–Trinajstić information content (AvgIpc) is 2.70. The molecule has 5 nitrogen and oxygen atoms in total. The summed E-state index contributed by atoms with van der Waals surface area (Å²) in [7, 11) is 0. The largest absolute Gasteiger partial charge is 0.377 e. The van der Waals surface area contributed by atoms with Crippen LogP contribution in [-0.4, -0.2) is 46.3 Å². The zero-order chi connectivity index (χ0) is 9.97. The fourth-order valence-corrected chi connectivity index (χ4v) is 1.53. The van der Waals surface area contributed by atoms with Crippen molar-refractivity contribution < 1.29 is 9.53 Å². The molecule has 1 aromatic heterocycles. The normalized spacial score (nSPS) is 22.4. The van der Waals surface area contributed by atoms with Crippen molar-refractivity contribution in [2.24, 2.45) is 0 Å². The lowest BCUT2D eigenvalue weighted by molar-refractivity contribution is 0.0193. The van der Waals surface area contributed by atoms with Crippen molar-refractivity contribution in [3.8, 4) is 0 Å². The van der Waals surface area contributed by atoms with Crippen LogP contribution in [0.4, 0.5) is 4.79 Å². The summed E-state index contributed by atoms with van der Waals surface area (Å²) < 4.78 is 6.75. The number of aromatic nitrogens is 2. The van der Waals surface area contributed by atoms with Gasteiger partial charge in [-0.3, -0.25) is 4.57 Å². The van der Waals surface area contributed by atoms with Gasteiger partial charge in [-0.2, -0.15) is 0 Å². The maximum atomic E-state index is 11.9. The van der Waals surface area contributed by atoms with Gasteiger partial charge in [0.05, 0.1) is 19.3 Å². The van der Waals surface area contributed by atoms with Crippen molar-refractivity contribution in [1.29, 1.82) is 0 Å². The zero-order valence-corrected chi connectivity index (χ0v) is 8.09. The molecule has 1 unspecified atom stereocenters. The molecule has 1 fully saturated rings. The number of rotatable bonds is 0. The number of amides is 1. The highest BCUT2D eigenvalue weighted by atomic mass is 16.5. The predicted molar refractivity (Wildman–Crippen MR) is 50.0 cm³/mol. The van der Waals surface area contributed by atoms with Gasteiger partial charge in [0.1, 0.15) is 6.33 Å². The first-order valence-electron chi connectivity index (χ1n) is 4.65. The Balaban J connectivity index is 2.10. The standard InChI is InChI=1S/C9H13N3O2/c1-8-6-14-5-4-12(8)9(13)11-3-2-10-7-11/h2-3,7-8H,4-6H2,1H3. The topological polar surface area (TPSA) is 47.4 Å². The number of nitrogens with zero attached hydrogens (tertiary/aromatic N) is 3. The minimum absolute atomic E-state index is 0.0294. The van der Waals surface area contributed by atoms with Gasteiger partial charge in [0.15, 0.2) is 0 Å². The first-order chi connectivity index (χ1) is 6.79. The molecule has 1 aliphatic heterocycles. The van der Waals surface area contributed by atoms with Gasteiger partial charge in [0, 0.05) is 18.9 Å². The molecule has 14 heavy (non-hydrogen) atoms. The Hall–Kier alpha value is -1.36. The van der Waals surface area contributed by atoms with E-state index in [1.165, 1.54) is 10.9 Å². The lowest BCUT2D eigenvalue weighted by Crippen LogP contribution is -2.48. The Morgan fingerprint density at radius 2 is 2.50 bits per heavy atom. The molecule has 5 heteroatoms. The molecule has 0 aliphatic carbocycles. The Labute approximate surface area is 82.3 Å².